The summed E-state index contributed by atoms with van der Waals surface area (Å²) in [6.45, 7) is 1.61. The van der Waals surface area contributed by atoms with Gasteiger partial charge in [0.1, 0.15) is 24.0 Å². The highest BCUT2D eigenvalue weighted by atomic mass is 79.9. The van der Waals surface area contributed by atoms with Gasteiger partial charge in [-0.1, -0.05) is 22.0 Å². The number of benzene rings is 2. The molecule has 0 bridgehead atoms. The lowest BCUT2D eigenvalue weighted by atomic mass is 10.2. The zero-order chi connectivity index (χ0) is 14.0. The number of anilines is 1. The van der Waals surface area contributed by atoms with Crippen LogP contribution in [0.2, 0.25) is 0 Å². The smallest absolute Gasteiger partial charge is 0.145 e. The van der Waals surface area contributed by atoms with Crippen LogP contribution in [0, 0.1) is 18.6 Å². The molecule has 19 heavy (non-hydrogen) atoms. The summed E-state index contributed by atoms with van der Waals surface area (Å²) in [6.07, 6.45) is 0. The third kappa shape index (κ3) is 3.04. The van der Waals surface area contributed by atoms with Crippen LogP contribution in [-0.2, 0) is 6.61 Å². The monoisotopic (exact) mass is 327 g/mol. The molecule has 5 heteroatoms. The van der Waals surface area contributed by atoms with E-state index in [1.54, 1.807) is 6.07 Å². The minimum atomic E-state index is -0.631. The molecule has 0 amide bonds. The molecule has 0 aromatic heterocycles. The molecule has 0 fully saturated rings. The number of nitrogen functional groups attached to an aromatic ring is 1. The van der Waals surface area contributed by atoms with Crippen LogP contribution in [0.1, 0.15) is 11.1 Å². The summed E-state index contributed by atoms with van der Waals surface area (Å²) in [5, 5.41) is 0. The summed E-state index contributed by atoms with van der Waals surface area (Å²) in [6, 6.07) is 7.20. The van der Waals surface area contributed by atoms with Crippen molar-refractivity contribution >= 4 is 21.6 Å². The van der Waals surface area contributed by atoms with Crippen molar-refractivity contribution in [1.29, 1.82) is 0 Å². The maximum atomic E-state index is 13.5. The van der Waals surface area contributed by atoms with Gasteiger partial charge in [0.25, 0.3) is 0 Å². The molecular weight excluding hydrogens is 316 g/mol. The lowest BCUT2D eigenvalue weighted by Gasteiger charge is -2.13. The second-order valence-corrected chi connectivity index (χ2v) is 5.05. The van der Waals surface area contributed by atoms with Gasteiger partial charge in [-0.05, 0) is 36.8 Å². The molecule has 0 atom stereocenters. The Bertz CT molecular complexity index is 573. The van der Waals surface area contributed by atoms with E-state index in [0.717, 1.165) is 10.0 Å². The van der Waals surface area contributed by atoms with Crippen LogP contribution in [0.3, 0.4) is 0 Å². The first-order valence-corrected chi connectivity index (χ1v) is 6.39. The fraction of sp³-hybridized carbons (Fsp3) is 0.143. The van der Waals surface area contributed by atoms with Crippen LogP contribution in [0.25, 0.3) is 0 Å². The highest BCUT2D eigenvalue weighted by Crippen LogP contribution is 2.31. The zero-order valence-corrected chi connectivity index (χ0v) is 11.8. The molecule has 0 aliphatic carbocycles. The number of hydrogen-bond acceptors (Lipinski definition) is 2. The number of aryl methyl sites for hydroxylation is 1. The second kappa shape index (κ2) is 5.57. The van der Waals surface area contributed by atoms with Gasteiger partial charge >= 0.3 is 0 Å². The SMILES string of the molecule is Cc1cc(Br)cc(N)c1OCc1c(F)cccc1F. The second-order valence-electron chi connectivity index (χ2n) is 4.13. The van der Waals surface area contributed by atoms with Gasteiger partial charge in [0.05, 0.1) is 11.3 Å². The topological polar surface area (TPSA) is 35.2 Å². The van der Waals surface area contributed by atoms with E-state index in [9.17, 15) is 8.78 Å². The molecule has 0 saturated heterocycles. The molecule has 0 saturated carbocycles. The molecule has 2 rings (SSSR count). The summed E-state index contributed by atoms with van der Waals surface area (Å²) < 4.78 is 33.2. The van der Waals surface area contributed by atoms with Gasteiger partial charge in [-0.2, -0.15) is 0 Å². The third-order valence-electron chi connectivity index (χ3n) is 2.69. The fourth-order valence-electron chi connectivity index (χ4n) is 1.77. The zero-order valence-electron chi connectivity index (χ0n) is 10.2. The summed E-state index contributed by atoms with van der Waals surface area (Å²) >= 11 is 3.31. The quantitative estimate of drug-likeness (QED) is 0.857. The van der Waals surface area contributed by atoms with Crippen LogP contribution < -0.4 is 10.5 Å². The van der Waals surface area contributed by atoms with E-state index >= 15 is 0 Å². The van der Waals surface area contributed by atoms with Gasteiger partial charge < -0.3 is 10.5 Å². The summed E-state index contributed by atoms with van der Waals surface area (Å²) in [5.41, 5.74) is 6.93. The van der Waals surface area contributed by atoms with Gasteiger partial charge in [-0.15, -0.1) is 0 Å². The van der Waals surface area contributed by atoms with E-state index in [-0.39, 0.29) is 12.2 Å². The maximum Gasteiger partial charge on any atom is 0.145 e. The molecule has 2 nitrogen and oxygen atoms in total. The minimum absolute atomic E-state index is 0.107. The van der Waals surface area contributed by atoms with Crippen molar-refractivity contribution in [1.82, 2.24) is 0 Å². The van der Waals surface area contributed by atoms with Gasteiger partial charge in [0, 0.05) is 4.47 Å². The standard InChI is InChI=1S/C14H12BrF2NO/c1-8-5-9(15)6-13(18)14(8)19-7-10-11(16)3-2-4-12(10)17/h2-6H,7,18H2,1H3. The number of ether oxygens (including phenoxy) is 1. The Morgan fingerprint density at radius 2 is 1.84 bits per heavy atom. The molecule has 0 aliphatic rings. The fourth-order valence-corrected chi connectivity index (χ4v) is 2.36. The Labute approximate surface area is 118 Å². The molecule has 0 radical (unpaired) electrons. The summed E-state index contributed by atoms with van der Waals surface area (Å²) in [4.78, 5) is 0. The van der Waals surface area contributed by atoms with E-state index in [0.29, 0.717) is 11.4 Å². The minimum Gasteiger partial charge on any atom is -0.486 e. The van der Waals surface area contributed by atoms with Crippen molar-refractivity contribution in [2.45, 2.75) is 13.5 Å². The van der Waals surface area contributed by atoms with Crippen molar-refractivity contribution < 1.29 is 13.5 Å². The number of halogens is 3. The summed E-state index contributed by atoms with van der Waals surface area (Å²) in [7, 11) is 0. The van der Waals surface area contributed by atoms with Gasteiger partial charge in [-0.3, -0.25) is 0 Å². The number of hydrogen-bond donors (Lipinski definition) is 1. The first kappa shape index (κ1) is 13.8. The molecule has 0 heterocycles. The van der Waals surface area contributed by atoms with E-state index < -0.39 is 11.6 Å². The molecule has 0 aliphatic heterocycles. The highest BCUT2D eigenvalue weighted by molar-refractivity contribution is 9.10. The molecule has 0 unspecified atom stereocenters. The number of rotatable bonds is 3. The Balaban J connectivity index is 2.24. The third-order valence-corrected chi connectivity index (χ3v) is 3.15. The van der Waals surface area contributed by atoms with Crippen LogP contribution in [0.5, 0.6) is 5.75 Å². The van der Waals surface area contributed by atoms with Crippen molar-refractivity contribution in [3.8, 4) is 5.75 Å². The normalized spacial score (nSPS) is 10.5. The van der Waals surface area contributed by atoms with Gasteiger partial charge in [-0.25, -0.2) is 8.78 Å². The van der Waals surface area contributed by atoms with E-state index in [2.05, 4.69) is 15.9 Å². The number of nitrogens with two attached hydrogens (primary N) is 1. The van der Waals surface area contributed by atoms with Crippen LogP contribution >= 0.6 is 15.9 Å². The van der Waals surface area contributed by atoms with Crippen LogP contribution in [-0.4, -0.2) is 0 Å². The Morgan fingerprint density at radius 3 is 2.42 bits per heavy atom. The lowest BCUT2D eigenvalue weighted by Crippen LogP contribution is -2.04. The lowest BCUT2D eigenvalue weighted by molar-refractivity contribution is 0.292. The van der Waals surface area contributed by atoms with Crippen molar-refractivity contribution in [3.63, 3.8) is 0 Å². The molecule has 2 N–H and O–H groups in total. The molecule has 0 spiro atoms. The average molecular weight is 328 g/mol. The van der Waals surface area contributed by atoms with Crippen molar-refractivity contribution in [3.05, 3.63) is 57.6 Å². The van der Waals surface area contributed by atoms with E-state index in [1.807, 2.05) is 13.0 Å². The van der Waals surface area contributed by atoms with Crippen LogP contribution in [0.4, 0.5) is 14.5 Å². The maximum absolute atomic E-state index is 13.5. The van der Waals surface area contributed by atoms with Crippen molar-refractivity contribution in [2.24, 2.45) is 0 Å². The van der Waals surface area contributed by atoms with Crippen molar-refractivity contribution in [2.75, 3.05) is 5.73 Å². The molecule has 100 valence electrons. The Kier molecular flexibility index (Phi) is 4.04. The first-order chi connectivity index (χ1) is 8.99. The van der Waals surface area contributed by atoms with E-state index in [4.69, 9.17) is 10.5 Å². The summed E-state index contributed by atoms with van der Waals surface area (Å²) in [5.74, 6) is -0.826. The molecule has 2 aromatic carbocycles. The van der Waals surface area contributed by atoms with Gasteiger partial charge in [0.2, 0.25) is 0 Å². The Morgan fingerprint density at radius 1 is 1.21 bits per heavy atom. The Hall–Kier alpha value is -1.62. The van der Waals surface area contributed by atoms with Gasteiger partial charge in [0.15, 0.2) is 0 Å². The predicted molar refractivity (Wildman–Crippen MR) is 74.0 cm³/mol. The molecule has 2 aromatic rings. The molecular formula is C14H12BrF2NO. The average Bonchev–Trinajstić information content (AvgIpc) is 2.31. The first-order valence-electron chi connectivity index (χ1n) is 5.60. The highest BCUT2D eigenvalue weighted by Gasteiger charge is 2.12. The van der Waals surface area contributed by atoms with E-state index in [1.165, 1.54) is 18.2 Å². The van der Waals surface area contributed by atoms with Crippen LogP contribution in [0.15, 0.2) is 34.8 Å². The largest absolute Gasteiger partial charge is 0.486 e. The predicted octanol–water partition coefficient (Wildman–Crippen LogP) is 4.20.